The second kappa shape index (κ2) is 8.08. The molecule has 10 heavy (non-hydrogen) atoms. The van der Waals surface area contributed by atoms with Gasteiger partial charge in [0, 0.05) is 0 Å². The SMILES string of the molecule is C=C(C)/C=C\C(=C)F.CF. The van der Waals surface area contributed by atoms with Crippen LogP contribution in [-0.2, 0) is 0 Å². The molecular formula is C8H12F2. The lowest BCUT2D eigenvalue weighted by atomic mass is 10.3. The lowest BCUT2D eigenvalue weighted by Gasteiger charge is -1.81. The fourth-order valence-electron chi connectivity index (χ4n) is 0.233. The number of hydrogen-bond acceptors (Lipinski definition) is 0. The molecule has 0 aliphatic rings. The van der Waals surface area contributed by atoms with E-state index in [0.717, 1.165) is 5.57 Å². The Morgan fingerprint density at radius 1 is 1.20 bits per heavy atom. The van der Waals surface area contributed by atoms with E-state index in [9.17, 15) is 8.78 Å². The van der Waals surface area contributed by atoms with Crippen molar-refractivity contribution in [3.05, 3.63) is 36.7 Å². The van der Waals surface area contributed by atoms with Crippen LogP contribution in [0.1, 0.15) is 6.92 Å². The van der Waals surface area contributed by atoms with Crippen molar-refractivity contribution < 1.29 is 8.78 Å². The van der Waals surface area contributed by atoms with Crippen molar-refractivity contribution >= 4 is 0 Å². The molecule has 0 aromatic carbocycles. The van der Waals surface area contributed by atoms with Crippen LogP contribution < -0.4 is 0 Å². The van der Waals surface area contributed by atoms with Gasteiger partial charge in [-0.25, -0.2) is 4.39 Å². The Hall–Kier alpha value is -0.920. The van der Waals surface area contributed by atoms with E-state index in [2.05, 4.69) is 13.2 Å². The highest BCUT2D eigenvalue weighted by Gasteiger charge is 1.76. The normalized spacial score (nSPS) is 8.40. The third-order valence-electron chi connectivity index (χ3n) is 0.549. The molecule has 0 heterocycles. The summed E-state index contributed by atoms with van der Waals surface area (Å²) in [5.74, 6) is -0.437. The van der Waals surface area contributed by atoms with Crippen LogP contribution in [0, 0.1) is 0 Å². The fraction of sp³-hybridized carbons (Fsp3) is 0.250. The summed E-state index contributed by atoms with van der Waals surface area (Å²) < 4.78 is 21.2. The summed E-state index contributed by atoms with van der Waals surface area (Å²) in [6, 6.07) is 0. The maximum atomic E-state index is 11.7. The minimum absolute atomic E-state index is 0.437. The summed E-state index contributed by atoms with van der Waals surface area (Å²) in [7, 11) is 0.500. The number of hydrogen-bond donors (Lipinski definition) is 0. The zero-order valence-electron chi connectivity index (χ0n) is 6.32. The molecule has 0 saturated heterocycles. The average molecular weight is 146 g/mol. The van der Waals surface area contributed by atoms with E-state index in [0.29, 0.717) is 7.18 Å². The summed E-state index contributed by atoms with van der Waals surface area (Å²) in [6.07, 6.45) is 2.85. The maximum absolute atomic E-state index is 11.7. The van der Waals surface area contributed by atoms with Gasteiger partial charge < -0.3 is 0 Å². The molecule has 0 fully saturated rings. The highest BCUT2D eigenvalue weighted by Crippen LogP contribution is 1.96. The molecule has 0 radical (unpaired) electrons. The van der Waals surface area contributed by atoms with E-state index in [1.165, 1.54) is 6.08 Å². The van der Waals surface area contributed by atoms with Gasteiger partial charge in [-0.1, -0.05) is 24.8 Å². The van der Waals surface area contributed by atoms with Crippen LogP contribution in [0.25, 0.3) is 0 Å². The highest BCUT2D eigenvalue weighted by molar-refractivity contribution is 5.18. The van der Waals surface area contributed by atoms with Crippen molar-refractivity contribution in [2.75, 3.05) is 7.18 Å². The molecule has 0 bridgehead atoms. The summed E-state index contributed by atoms with van der Waals surface area (Å²) in [5.41, 5.74) is 0.823. The number of alkyl halides is 1. The first kappa shape index (κ1) is 11.8. The van der Waals surface area contributed by atoms with Gasteiger partial charge in [0.1, 0.15) is 5.83 Å². The van der Waals surface area contributed by atoms with Gasteiger partial charge in [0.05, 0.1) is 7.18 Å². The van der Waals surface area contributed by atoms with Crippen LogP contribution in [0.15, 0.2) is 36.7 Å². The Kier molecular flexibility index (Phi) is 9.56. The molecule has 0 aromatic rings. The minimum Gasteiger partial charge on any atom is -0.255 e. The Morgan fingerprint density at radius 2 is 1.60 bits per heavy atom. The summed E-state index contributed by atoms with van der Waals surface area (Å²) in [6.45, 7) is 8.36. The van der Waals surface area contributed by atoms with Crippen LogP contribution in [-0.4, -0.2) is 7.18 Å². The zero-order valence-corrected chi connectivity index (χ0v) is 6.32. The summed E-state index contributed by atoms with van der Waals surface area (Å²) in [5, 5.41) is 0. The smallest absolute Gasteiger partial charge is 0.116 e. The zero-order chi connectivity index (χ0) is 8.57. The molecule has 0 nitrogen and oxygen atoms in total. The van der Waals surface area contributed by atoms with Gasteiger partial charge in [-0.05, 0) is 13.0 Å². The molecule has 58 valence electrons. The van der Waals surface area contributed by atoms with Gasteiger partial charge in [0.2, 0.25) is 0 Å². The lowest BCUT2D eigenvalue weighted by molar-refractivity contribution is 0.636. The van der Waals surface area contributed by atoms with Crippen LogP contribution in [0.2, 0.25) is 0 Å². The van der Waals surface area contributed by atoms with E-state index in [1.54, 1.807) is 13.0 Å². The minimum atomic E-state index is -0.437. The Balaban J connectivity index is 0. The predicted molar refractivity (Wildman–Crippen MR) is 41.2 cm³/mol. The molecule has 0 aromatic heterocycles. The number of allylic oxidation sites excluding steroid dienone is 4. The quantitative estimate of drug-likeness (QED) is 0.525. The molecule has 0 N–H and O–H groups in total. The topological polar surface area (TPSA) is 0 Å². The van der Waals surface area contributed by atoms with E-state index < -0.39 is 5.83 Å². The molecule has 2 heteroatoms. The van der Waals surface area contributed by atoms with Crippen molar-refractivity contribution in [2.45, 2.75) is 6.92 Å². The van der Waals surface area contributed by atoms with Crippen LogP contribution in [0.5, 0.6) is 0 Å². The fourth-order valence-corrected chi connectivity index (χ4v) is 0.233. The van der Waals surface area contributed by atoms with E-state index >= 15 is 0 Å². The van der Waals surface area contributed by atoms with E-state index in [1.807, 2.05) is 0 Å². The van der Waals surface area contributed by atoms with Gasteiger partial charge in [-0.2, -0.15) is 0 Å². The van der Waals surface area contributed by atoms with Crippen LogP contribution in [0.3, 0.4) is 0 Å². The first-order valence-corrected chi connectivity index (χ1v) is 2.68. The first-order valence-electron chi connectivity index (χ1n) is 2.68. The van der Waals surface area contributed by atoms with Crippen molar-refractivity contribution in [3.8, 4) is 0 Å². The highest BCUT2D eigenvalue weighted by atomic mass is 19.1. The van der Waals surface area contributed by atoms with Crippen LogP contribution >= 0.6 is 0 Å². The second-order valence-electron chi connectivity index (χ2n) is 1.63. The molecule has 0 atom stereocenters. The predicted octanol–water partition coefficient (Wildman–Crippen LogP) is 3.19. The number of halogens is 2. The lowest BCUT2D eigenvalue weighted by Crippen LogP contribution is -1.61. The van der Waals surface area contributed by atoms with Crippen molar-refractivity contribution in [1.82, 2.24) is 0 Å². The largest absolute Gasteiger partial charge is 0.255 e. The summed E-state index contributed by atoms with van der Waals surface area (Å²) >= 11 is 0. The molecule has 0 spiro atoms. The van der Waals surface area contributed by atoms with Gasteiger partial charge >= 0.3 is 0 Å². The first-order chi connectivity index (χ1) is 4.63. The van der Waals surface area contributed by atoms with Gasteiger partial charge in [-0.15, -0.1) is 0 Å². The third-order valence-corrected chi connectivity index (χ3v) is 0.549. The second-order valence-corrected chi connectivity index (χ2v) is 1.63. The van der Waals surface area contributed by atoms with Crippen LogP contribution in [0.4, 0.5) is 8.78 Å². The Bertz CT molecular complexity index is 118. The van der Waals surface area contributed by atoms with Crippen molar-refractivity contribution in [3.63, 3.8) is 0 Å². The van der Waals surface area contributed by atoms with E-state index in [4.69, 9.17) is 0 Å². The third kappa shape index (κ3) is 15.7. The molecular weight excluding hydrogens is 134 g/mol. The molecule has 0 rings (SSSR count). The maximum Gasteiger partial charge on any atom is 0.116 e. The van der Waals surface area contributed by atoms with Crippen molar-refractivity contribution in [1.29, 1.82) is 0 Å². The molecule has 0 aliphatic carbocycles. The summed E-state index contributed by atoms with van der Waals surface area (Å²) in [4.78, 5) is 0. The van der Waals surface area contributed by atoms with Gasteiger partial charge in [0.15, 0.2) is 0 Å². The van der Waals surface area contributed by atoms with Crippen molar-refractivity contribution in [2.24, 2.45) is 0 Å². The molecule has 0 aliphatic heterocycles. The average Bonchev–Trinajstić information content (AvgIpc) is 1.89. The van der Waals surface area contributed by atoms with Gasteiger partial charge in [0.25, 0.3) is 0 Å². The molecule has 0 saturated carbocycles. The van der Waals surface area contributed by atoms with E-state index in [-0.39, 0.29) is 0 Å². The number of rotatable bonds is 2. The Morgan fingerprint density at radius 3 is 1.70 bits per heavy atom. The molecule has 0 unspecified atom stereocenters. The standard InChI is InChI=1S/C7H9F.CH3F/c1-6(2)4-5-7(3)8;1-2/h4-5H,1,3H2,2H3;1H3/b5-4-;. The molecule has 0 amide bonds. The monoisotopic (exact) mass is 146 g/mol. The Labute approximate surface area is 60.6 Å². The van der Waals surface area contributed by atoms with Gasteiger partial charge in [-0.3, -0.25) is 4.39 Å².